The molecular formula is C21H42O. The summed E-state index contributed by atoms with van der Waals surface area (Å²) in [6.07, 6.45) is 22.8. The summed E-state index contributed by atoms with van der Waals surface area (Å²) in [5.74, 6) is 0. The molecule has 0 aromatic carbocycles. The molecule has 1 nitrogen and oxygen atoms in total. The fraction of sp³-hybridized carbons (Fsp3) is 0.905. The number of allylic oxidation sites excluding steroid dienone is 1. The molecule has 1 N–H and O–H groups in total. The highest BCUT2D eigenvalue weighted by Crippen LogP contribution is 2.15. The van der Waals surface area contributed by atoms with Crippen molar-refractivity contribution in [1.82, 2.24) is 0 Å². The topological polar surface area (TPSA) is 20.2 Å². The number of aliphatic hydroxyl groups excluding tert-OH is 1. The first-order chi connectivity index (χ1) is 10.8. The van der Waals surface area contributed by atoms with E-state index in [9.17, 15) is 0 Å². The molecule has 0 radical (unpaired) electrons. The van der Waals surface area contributed by atoms with Gasteiger partial charge in [-0.25, -0.2) is 0 Å². The number of hydrogen-bond acceptors (Lipinski definition) is 1. The van der Waals surface area contributed by atoms with Crippen molar-refractivity contribution in [2.75, 3.05) is 6.61 Å². The molecule has 0 rings (SSSR count). The minimum Gasteiger partial charge on any atom is -0.396 e. The fourth-order valence-electron chi connectivity index (χ4n) is 3.09. The van der Waals surface area contributed by atoms with Crippen molar-refractivity contribution in [3.8, 4) is 0 Å². The lowest BCUT2D eigenvalue weighted by Gasteiger charge is -2.05. The van der Waals surface area contributed by atoms with E-state index in [1.807, 2.05) is 0 Å². The van der Waals surface area contributed by atoms with Crippen molar-refractivity contribution >= 4 is 0 Å². The molecule has 0 aliphatic carbocycles. The first-order valence-electron chi connectivity index (χ1n) is 10.1. The van der Waals surface area contributed by atoms with Crippen LogP contribution in [0.3, 0.4) is 0 Å². The van der Waals surface area contributed by atoms with E-state index in [1.54, 1.807) is 0 Å². The van der Waals surface area contributed by atoms with Gasteiger partial charge >= 0.3 is 0 Å². The SMILES string of the molecule is C=C(CCC)CCCCCCCCCCCCCCCCO. The molecule has 0 aromatic rings. The standard InChI is InChI=1S/C21H42O/c1-3-18-21(2)19-16-14-12-10-8-6-4-5-7-9-11-13-15-17-20-22/h22H,2-20H2,1H3. The van der Waals surface area contributed by atoms with E-state index in [-0.39, 0.29) is 0 Å². The zero-order valence-corrected chi connectivity index (χ0v) is 15.4. The summed E-state index contributed by atoms with van der Waals surface area (Å²) in [6.45, 7) is 6.74. The highest BCUT2D eigenvalue weighted by atomic mass is 16.2. The Bertz CT molecular complexity index is 222. The summed E-state index contributed by atoms with van der Waals surface area (Å²) in [7, 11) is 0. The maximum Gasteiger partial charge on any atom is 0.0431 e. The maximum atomic E-state index is 8.70. The van der Waals surface area contributed by atoms with Crippen LogP contribution in [0.2, 0.25) is 0 Å². The molecule has 0 unspecified atom stereocenters. The molecule has 0 saturated carbocycles. The lowest BCUT2D eigenvalue weighted by molar-refractivity contribution is 0.282. The van der Waals surface area contributed by atoms with E-state index in [0.29, 0.717) is 6.61 Å². The van der Waals surface area contributed by atoms with Crippen molar-refractivity contribution in [3.63, 3.8) is 0 Å². The summed E-state index contributed by atoms with van der Waals surface area (Å²) < 4.78 is 0. The summed E-state index contributed by atoms with van der Waals surface area (Å²) >= 11 is 0. The average molecular weight is 311 g/mol. The Balaban J connectivity index is 3.01. The Kier molecular flexibility index (Phi) is 18.5. The highest BCUT2D eigenvalue weighted by molar-refractivity contribution is 4.92. The van der Waals surface area contributed by atoms with Gasteiger partial charge in [0.05, 0.1) is 0 Å². The quantitative estimate of drug-likeness (QED) is 0.210. The molecule has 1 heteroatoms. The Morgan fingerprint density at radius 2 is 0.955 bits per heavy atom. The summed E-state index contributed by atoms with van der Waals surface area (Å²) in [5.41, 5.74) is 1.46. The summed E-state index contributed by atoms with van der Waals surface area (Å²) in [6, 6.07) is 0. The maximum absolute atomic E-state index is 8.70. The van der Waals surface area contributed by atoms with E-state index in [2.05, 4.69) is 13.5 Å². The molecular weight excluding hydrogens is 268 g/mol. The van der Waals surface area contributed by atoms with Crippen molar-refractivity contribution in [3.05, 3.63) is 12.2 Å². The van der Waals surface area contributed by atoms with Crippen LogP contribution in [-0.2, 0) is 0 Å². The Labute approximate surface area is 140 Å². The Morgan fingerprint density at radius 3 is 1.32 bits per heavy atom. The molecule has 132 valence electrons. The largest absolute Gasteiger partial charge is 0.396 e. The van der Waals surface area contributed by atoms with Crippen molar-refractivity contribution < 1.29 is 5.11 Å². The van der Waals surface area contributed by atoms with E-state index in [0.717, 1.165) is 6.42 Å². The predicted molar refractivity (Wildman–Crippen MR) is 100 cm³/mol. The Hall–Kier alpha value is -0.300. The second-order valence-corrected chi connectivity index (χ2v) is 6.92. The lowest BCUT2D eigenvalue weighted by Crippen LogP contribution is -1.85. The molecule has 0 aliphatic rings. The van der Waals surface area contributed by atoms with E-state index in [1.165, 1.54) is 108 Å². The van der Waals surface area contributed by atoms with Crippen LogP contribution < -0.4 is 0 Å². The smallest absolute Gasteiger partial charge is 0.0431 e. The van der Waals surface area contributed by atoms with E-state index < -0.39 is 0 Å². The second-order valence-electron chi connectivity index (χ2n) is 6.92. The predicted octanol–water partition coefficient (Wildman–Crippen LogP) is 7.19. The molecule has 0 bridgehead atoms. The van der Waals surface area contributed by atoms with Crippen molar-refractivity contribution in [2.45, 2.75) is 116 Å². The molecule has 0 aromatic heterocycles. The van der Waals surface area contributed by atoms with Gasteiger partial charge in [-0.05, 0) is 25.7 Å². The molecule has 0 saturated heterocycles. The van der Waals surface area contributed by atoms with Crippen LogP contribution in [0.5, 0.6) is 0 Å². The van der Waals surface area contributed by atoms with Crippen LogP contribution in [-0.4, -0.2) is 11.7 Å². The number of aliphatic hydroxyl groups is 1. The number of unbranched alkanes of at least 4 members (excludes halogenated alkanes) is 13. The lowest BCUT2D eigenvalue weighted by atomic mass is 10.0. The third-order valence-electron chi connectivity index (χ3n) is 4.54. The summed E-state index contributed by atoms with van der Waals surface area (Å²) in [5, 5.41) is 8.70. The zero-order chi connectivity index (χ0) is 16.3. The zero-order valence-electron chi connectivity index (χ0n) is 15.4. The minimum absolute atomic E-state index is 0.369. The van der Waals surface area contributed by atoms with Crippen LogP contribution in [0.25, 0.3) is 0 Å². The van der Waals surface area contributed by atoms with Crippen LogP contribution in [0.4, 0.5) is 0 Å². The molecule has 0 spiro atoms. The summed E-state index contributed by atoms with van der Waals surface area (Å²) in [4.78, 5) is 0. The monoisotopic (exact) mass is 310 g/mol. The van der Waals surface area contributed by atoms with Crippen LogP contribution in [0.1, 0.15) is 116 Å². The van der Waals surface area contributed by atoms with Gasteiger partial charge in [0.15, 0.2) is 0 Å². The molecule has 0 atom stereocenters. The van der Waals surface area contributed by atoms with Gasteiger partial charge in [-0.15, -0.1) is 0 Å². The van der Waals surface area contributed by atoms with Gasteiger partial charge in [0.1, 0.15) is 0 Å². The van der Waals surface area contributed by atoms with Crippen molar-refractivity contribution in [2.24, 2.45) is 0 Å². The first-order valence-corrected chi connectivity index (χ1v) is 10.1. The third kappa shape index (κ3) is 17.8. The van der Waals surface area contributed by atoms with Crippen molar-refractivity contribution in [1.29, 1.82) is 0 Å². The van der Waals surface area contributed by atoms with Gasteiger partial charge in [-0.3, -0.25) is 0 Å². The van der Waals surface area contributed by atoms with Gasteiger partial charge in [0.2, 0.25) is 0 Å². The molecule has 0 heterocycles. The van der Waals surface area contributed by atoms with Gasteiger partial charge in [-0.1, -0.05) is 103 Å². The number of hydrogen-bond donors (Lipinski definition) is 1. The Morgan fingerprint density at radius 1 is 0.591 bits per heavy atom. The highest BCUT2D eigenvalue weighted by Gasteiger charge is 1.96. The van der Waals surface area contributed by atoms with E-state index in [4.69, 9.17) is 5.11 Å². The molecule has 0 aliphatic heterocycles. The minimum atomic E-state index is 0.369. The molecule has 22 heavy (non-hydrogen) atoms. The van der Waals surface area contributed by atoms with Gasteiger partial charge < -0.3 is 5.11 Å². The first kappa shape index (κ1) is 21.7. The van der Waals surface area contributed by atoms with Crippen LogP contribution >= 0.6 is 0 Å². The third-order valence-corrected chi connectivity index (χ3v) is 4.54. The van der Waals surface area contributed by atoms with Gasteiger partial charge in [0, 0.05) is 6.61 Å². The van der Waals surface area contributed by atoms with Gasteiger partial charge in [-0.2, -0.15) is 0 Å². The van der Waals surface area contributed by atoms with Crippen LogP contribution in [0.15, 0.2) is 12.2 Å². The average Bonchev–Trinajstić information content (AvgIpc) is 2.51. The van der Waals surface area contributed by atoms with E-state index >= 15 is 0 Å². The number of rotatable bonds is 18. The fourth-order valence-corrected chi connectivity index (χ4v) is 3.09. The van der Waals surface area contributed by atoms with Gasteiger partial charge in [0.25, 0.3) is 0 Å². The second kappa shape index (κ2) is 18.7. The van der Waals surface area contributed by atoms with Crippen LogP contribution in [0, 0.1) is 0 Å². The molecule has 0 fully saturated rings. The normalized spacial score (nSPS) is 11.0. The molecule has 0 amide bonds.